The standard InChI is InChI=1S/C22H29N3O4/c1-22(2,3)29-20(26)24-19-12-13-23-18(15-19)11-8-14-25(4)21(27)28-16-17-9-6-5-7-10-17/h5-7,9-10,12-13,15H,8,11,14,16H2,1-4H3,(H,23,24,26). The molecule has 0 atom stereocenters. The molecule has 0 aliphatic rings. The minimum atomic E-state index is -0.556. The molecule has 0 saturated carbocycles. The molecule has 1 aromatic carbocycles. The number of hydrogen-bond acceptors (Lipinski definition) is 5. The van der Waals surface area contributed by atoms with E-state index in [0.717, 1.165) is 17.7 Å². The van der Waals surface area contributed by atoms with Crippen LogP contribution in [0.4, 0.5) is 15.3 Å². The largest absolute Gasteiger partial charge is 0.445 e. The third kappa shape index (κ3) is 8.64. The summed E-state index contributed by atoms with van der Waals surface area (Å²) in [6, 6.07) is 13.1. The summed E-state index contributed by atoms with van der Waals surface area (Å²) in [5.74, 6) is 0. The average molecular weight is 399 g/mol. The third-order valence-electron chi connectivity index (χ3n) is 3.91. The van der Waals surface area contributed by atoms with Crippen molar-refractivity contribution in [1.29, 1.82) is 0 Å². The smallest absolute Gasteiger partial charge is 0.412 e. The van der Waals surface area contributed by atoms with Crippen molar-refractivity contribution in [2.75, 3.05) is 18.9 Å². The maximum atomic E-state index is 12.1. The number of aryl methyl sites for hydroxylation is 1. The lowest BCUT2D eigenvalue weighted by molar-refractivity contribution is 0.0635. The normalized spacial score (nSPS) is 10.9. The van der Waals surface area contributed by atoms with Gasteiger partial charge in [0, 0.05) is 31.2 Å². The Labute approximate surface area is 172 Å². The van der Waals surface area contributed by atoms with E-state index < -0.39 is 11.7 Å². The molecule has 0 aliphatic carbocycles. The van der Waals surface area contributed by atoms with Crippen LogP contribution in [0.3, 0.4) is 0 Å². The number of benzene rings is 1. The summed E-state index contributed by atoms with van der Waals surface area (Å²) >= 11 is 0. The Hall–Kier alpha value is -3.09. The first kappa shape index (κ1) is 22.2. The molecule has 2 rings (SSSR count). The topological polar surface area (TPSA) is 80.8 Å². The Bertz CT molecular complexity index is 803. The van der Waals surface area contributed by atoms with Gasteiger partial charge in [0.25, 0.3) is 0 Å². The van der Waals surface area contributed by atoms with Crippen LogP contribution in [0.5, 0.6) is 0 Å². The van der Waals surface area contributed by atoms with Gasteiger partial charge in [-0.15, -0.1) is 0 Å². The number of anilines is 1. The zero-order valence-corrected chi connectivity index (χ0v) is 17.5. The zero-order valence-electron chi connectivity index (χ0n) is 17.5. The van der Waals surface area contributed by atoms with Crippen LogP contribution in [-0.2, 0) is 22.5 Å². The highest BCUT2D eigenvalue weighted by atomic mass is 16.6. The van der Waals surface area contributed by atoms with Crippen molar-refractivity contribution in [2.45, 2.75) is 45.8 Å². The summed E-state index contributed by atoms with van der Waals surface area (Å²) in [5, 5.41) is 2.70. The van der Waals surface area contributed by atoms with Gasteiger partial charge in [0.15, 0.2) is 0 Å². The number of carbonyl (C=O) groups is 2. The predicted octanol–water partition coefficient (Wildman–Crippen LogP) is 4.63. The van der Waals surface area contributed by atoms with E-state index in [2.05, 4.69) is 10.3 Å². The Morgan fingerprint density at radius 2 is 1.86 bits per heavy atom. The van der Waals surface area contributed by atoms with Crippen LogP contribution in [0.1, 0.15) is 38.4 Å². The Kier molecular flexibility index (Phi) is 8.00. The van der Waals surface area contributed by atoms with Gasteiger partial charge in [-0.05, 0) is 51.3 Å². The highest BCUT2D eigenvalue weighted by molar-refractivity contribution is 5.84. The van der Waals surface area contributed by atoms with Crippen LogP contribution in [0, 0.1) is 0 Å². The molecule has 0 unspecified atom stereocenters. The van der Waals surface area contributed by atoms with Gasteiger partial charge in [-0.3, -0.25) is 10.3 Å². The fourth-order valence-electron chi connectivity index (χ4n) is 2.53. The number of hydrogen-bond donors (Lipinski definition) is 1. The zero-order chi connectivity index (χ0) is 21.3. The number of aromatic nitrogens is 1. The highest BCUT2D eigenvalue weighted by Crippen LogP contribution is 2.13. The van der Waals surface area contributed by atoms with Gasteiger partial charge in [-0.1, -0.05) is 30.3 Å². The molecule has 0 spiro atoms. The maximum absolute atomic E-state index is 12.1. The lowest BCUT2D eigenvalue weighted by Gasteiger charge is -2.19. The molecule has 156 valence electrons. The lowest BCUT2D eigenvalue weighted by atomic mass is 10.2. The molecular weight excluding hydrogens is 370 g/mol. The van der Waals surface area contributed by atoms with Gasteiger partial charge in [-0.2, -0.15) is 0 Å². The van der Waals surface area contributed by atoms with Crippen molar-refractivity contribution in [3.63, 3.8) is 0 Å². The van der Waals surface area contributed by atoms with Crippen LogP contribution in [-0.4, -0.2) is 41.3 Å². The molecule has 0 saturated heterocycles. The molecule has 0 aliphatic heterocycles. The van der Waals surface area contributed by atoms with E-state index in [9.17, 15) is 9.59 Å². The number of amides is 2. The molecule has 0 radical (unpaired) electrons. The summed E-state index contributed by atoms with van der Waals surface area (Å²) in [7, 11) is 1.71. The minimum Gasteiger partial charge on any atom is -0.445 e. The van der Waals surface area contributed by atoms with E-state index in [-0.39, 0.29) is 12.7 Å². The lowest BCUT2D eigenvalue weighted by Crippen LogP contribution is -2.28. The summed E-state index contributed by atoms with van der Waals surface area (Å²) < 4.78 is 10.6. The molecule has 2 aromatic rings. The molecule has 2 amide bonds. The Morgan fingerprint density at radius 3 is 2.55 bits per heavy atom. The Morgan fingerprint density at radius 1 is 1.14 bits per heavy atom. The first-order valence-corrected chi connectivity index (χ1v) is 9.60. The van der Waals surface area contributed by atoms with E-state index in [0.29, 0.717) is 18.7 Å². The average Bonchev–Trinajstić information content (AvgIpc) is 2.65. The molecule has 1 heterocycles. The summed E-state index contributed by atoms with van der Waals surface area (Å²) in [6.45, 7) is 6.23. The summed E-state index contributed by atoms with van der Waals surface area (Å²) in [4.78, 5) is 29.8. The van der Waals surface area contributed by atoms with Gasteiger partial charge in [0.2, 0.25) is 0 Å². The number of pyridine rings is 1. The molecule has 29 heavy (non-hydrogen) atoms. The van der Waals surface area contributed by atoms with Gasteiger partial charge in [-0.25, -0.2) is 9.59 Å². The SMILES string of the molecule is CN(CCCc1cc(NC(=O)OC(C)(C)C)ccn1)C(=O)OCc1ccccc1. The predicted molar refractivity (Wildman–Crippen MR) is 112 cm³/mol. The van der Waals surface area contributed by atoms with E-state index in [1.165, 1.54) is 0 Å². The van der Waals surface area contributed by atoms with Crippen molar-refractivity contribution in [1.82, 2.24) is 9.88 Å². The number of ether oxygens (including phenoxy) is 2. The number of carbonyl (C=O) groups excluding carboxylic acids is 2. The number of nitrogens with zero attached hydrogens (tertiary/aromatic N) is 2. The molecule has 0 bridgehead atoms. The maximum Gasteiger partial charge on any atom is 0.412 e. The van der Waals surface area contributed by atoms with Crippen molar-refractivity contribution >= 4 is 17.9 Å². The van der Waals surface area contributed by atoms with Crippen LogP contribution < -0.4 is 5.32 Å². The number of rotatable bonds is 7. The van der Waals surface area contributed by atoms with Crippen molar-refractivity contribution in [3.8, 4) is 0 Å². The molecule has 7 heteroatoms. The highest BCUT2D eigenvalue weighted by Gasteiger charge is 2.16. The van der Waals surface area contributed by atoms with Crippen molar-refractivity contribution < 1.29 is 19.1 Å². The van der Waals surface area contributed by atoms with E-state index >= 15 is 0 Å². The van der Waals surface area contributed by atoms with E-state index in [4.69, 9.17) is 9.47 Å². The van der Waals surface area contributed by atoms with Gasteiger partial charge in [0.1, 0.15) is 12.2 Å². The van der Waals surface area contributed by atoms with Crippen LogP contribution in [0.15, 0.2) is 48.7 Å². The second-order valence-electron chi connectivity index (χ2n) is 7.73. The number of nitrogens with one attached hydrogen (secondary N) is 1. The minimum absolute atomic E-state index is 0.254. The second-order valence-corrected chi connectivity index (χ2v) is 7.73. The van der Waals surface area contributed by atoms with Crippen LogP contribution >= 0.6 is 0 Å². The first-order valence-electron chi connectivity index (χ1n) is 9.60. The van der Waals surface area contributed by atoms with E-state index in [1.54, 1.807) is 30.3 Å². The first-order chi connectivity index (χ1) is 13.7. The quantitative estimate of drug-likeness (QED) is 0.734. The molecule has 7 nitrogen and oxygen atoms in total. The Balaban J connectivity index is 1.75. The molecule has 0 fully saturated rings. The molecule has 1 N–H and O–H groups in total. The third-order valence-corrected chi connectivity index (χ3v) is 3.91. The van der Waals surface area contributed by atoms with Gasteiger partial charge >= 0.3 is 12.2 Å². The summed E-state index contributed by atoms with van der Waals surface area (Å²) in [5.41, 5.74) is 1.84. The fourth-order valence-corrected chi connectivity index (χ4v) is 2.53. The van der Waals surface area contributed by atoms with Crippen LogP contribution in [0.25, 0.3) is 0 Å². The van der Waals surface area contributed by atoms with Crippen molar-refractivity contribution in [2.24, 2.45) is 0 Å². The van der Waals surface area contributed by atoms with Crippen LogP contribution in [0.2, 0.25) is 0 Å². The van der Waals surface area contributed by atoms with Gasteiger partial charge < -0.3 is 14.4 Å². The van der Waals surface area contributed by atoms with E-state index in [1.807, 2.05) is 51.1 Å². The molecule has 1 aromatic heterocycles. The summed E-state index contributed by atoms with van der Waals surface area (Å²) in [6.07, 6.45) is 2.16. The van der Waals surface area contributed by atoms with Crippen molar-refractivity contribution in [3.05, 3.63) is 59.9 Å². The monoisotopic (exact) mass is 399 g/mol. The molecular formula is C22H29N3O4. The van der Waals surface area contributed by atoms with Gasteiger partial charge in [0.05, 0.1) is 0 Å². The second kappa shape index (κ2) is 10.5. The fraction of sp³-hybridized carbons (Fsp3) is 0.409.